The molecule has 3 heterocycles. The zero-order chi connectivity index (χ0) is 29.4. The average molecular weight is 637 g/mol. The number of carbonyl (C=O) groups excluding carboxylic acids is 3. The average Bonchev–Trinajstić information content (AvgIpc) is 3.51. The molecular formula is C30H39BrClN3O5. The third-order valence-corrected chi connectivity index (χ3v) is 9.53. The van der Waals surface area contributed by atoms with Crippen LogP contribution in [0.25, 0.3) is 0 Å². The van der Waals surface area contributed by atoms with Gasteiger partial charge in [-0.3, -0.25) is 14.4 Å². The van der Waals surface area contributed by atoms with E-state index in [1.165, 1.54) is 4.90 Å². The third-order valence-electron chi connectivity index (χ3n) is 8.43. The summed E-state index contributed by atoms with van der Waals surface area (Å²) < 4.78 is 6.67. The molecule has 10 heteroatoms. The number of alkyl halides is 1. The molecule has 2 bridgehead atoms. The molecule has 218 valence electrons. The van der Waals surface area contributed by atoms with E-state index >= 15 is 0 Å². The molecular weight excluding hydrogens is 598 g/mol. The Morgan fingerprint density at radius 2 is 1.88 bits per heavy atom. The van der Waals surface area contributed by atoms with E-state index in [1.807, 2.05) is 20.8 Å². The summed E-state index contributed by atoms with van der Waals surface area (Å²) in [4.78, 5) is 47.7. The summed E-state index contributed by atoms with van der Waals surface area (Å²) in [6.45, 7) is 14.2. The smallest absolute Gasteiger partial charge is 0.253 e. The largest absolute Gasteiger partial charge is 0.394 e. The zero-order valence-corrected chi connectivity index (χ0v) is 25.7. The number of aliphatic hydroxyl groups is 1. The molecule has 3 unspecified atom stereocenters. The zero-order valence-electron chi connectivity index (χ0n) is 23.3. The lowest BCUT2D eigenvalue weighted by atomic mass is 9.70. The molecule has 3 amide bonds. The minimum absolute atomic E-state index is 0.147. The number of hydrogen-bond donors (Lipinski definition) is 1. The molecule has 0 aliphatic carbocycles. The molecule has 0 aromatic heterocycles. The van der Waals surface area contributed by atoms with Crippen molar-refractivity contribution in [3.63, 3.8) is 0 Å². The molecule has 1 aromatic rings. The van der Waals surface area contributed by atoms with Crippen LogP contribution in [0.15, 0.2) is 49.6 Å². The summed E-state index contributed by atoms with van der Waals surface area (Å²) in [6, 6.07) is 5.22. The lowest BCUT2D eigenvalue weighted by Gasteiger charge is -2.40. The van der Waals surface area contributed by atoms with Crippen molar-refractivity contribution < 1.29 is 24.2 Å². The van der Waals surface area contributed by atoms with Crippen LogP contribution in [-0.4, -0.2) is 87.5 Å². The number of likely N-dealkylation sites (tertiary alicyclic amines) is 1. The summed E-state index contributed by atoms with van der Waals surface area (Å²) in [6.07, 6.45) is 3.89. The normalized spacial score (nSPS) is 29.4. The molecule has 3 saturated heterocycles. The molecule has 4 rings (SSSR count). The first kappa shape index (κ1) is 30.8. The van der Waals surface area contributed by atoms with Gasteiger partial charge in [-0.15, -0.1) is 13.2 Å². The SMILES string of the molecule is C=CCN(CCC)C(=O)[C@H]1[C@@H]2OC3(CC2Br)C(C(=O)N(CC=C)c2ccc(Cl)cc2)N([C@@H](CO)C(C)C)C(=O)[C@H]13. The summed E-state index contributed by atoms with van der Waals surface area (Å²) in [5.41, 5.74) is -0.629. The highest BCUT2D eigenvalue weighted by molar-refractivity contribution is 9.09. The van der Waals surface area contributed by atoms with E-state index in [2.05, 4.69) is 29.1 Å². The second-order valence-electron chi connectivity index (χ2n) is 11.2. The van der Waals surface area contributed by atoms with E-state index in [-0.39, 0.29) is 41.6 Å². The Balaban J connectivity index is 1.85. The standard InChI is InChI=1S/C30H39BrClN3O5/c1-6-13-33(14-7-2)27(37)23-24-28(38)35(22(17-36)18(4)5)26(30(24)16-21(31)25(23)40-30)29(39)34(15-8-3)20-11-9-19(32)10-12-20/h6,8-12,18,21-26,36H,1,3,7,13-17H2,2,4-5H3/t21?,22-,23+,24-,25+,26?,30?/m0/s1. The summed E-state index contributed by atoms with van der Waals surface area (Å²) in [5.74, 6) is -2.59. The van der Waals surface area contributed by atoms with Gasteiger partial charge < -0.3 is 24.5 Å². The molecule has 3 aliphatic heterocycles. The van der Waals surface area contributed by atoms with Gasteiger partial charge in [0, 0.05) is 35.2 Å². The molecule has 1 aromatic carbocycles. The van der Waals surface area contributed by atoms with Crippen LogP contribution >= 0.6 is 27.5 Å². The minimum atomic E-state index is -1.23. The summed E-state index contributed by atoms with van der Waals surface area (Å²) in [5, 5.41) is 11.0. The van der Waals surface area contributed by atoms with Gasteiger partial charge in [0.2, 0.25) is 11.8 Å². The van der Waals surface area contributed by atoms with Gasteiger partial charge in [0.25, 0.3) is 5.91 Å². The fourth-order valence-electron chi connectivity index (χ4n) is 6.75. The van der Waals surface area contributed by atoms with Gasteiger partial charge in [0.15, 0.2) is 0 Å². The number of rotatable bonds is 12. The quantitative estimate of drug-likeness (QED) is 0.276. The number of benzene rings is 1. The highest BCUT2D eigenvalue weighted by Crippen LogP contribution is 2.61. The van der Waals surface area contributed by atoms with Crippen LogP contribution < -0.4 is 4.90 Å². The molecule has 3 fully saturated rings. The fraction of sp³-hybridized carbons (Fsp3) is 0.567. The number of hydrogen-bond acceptors (Lipinski definition) is 5. The molecule has 8 nitrogen and oxygen atoms in total. The van der Waals surface area contributed by atoms with Gasteiger partial charge >= 0.3 is 0 Å². The number of nitrogens with zero attached hydrogens (tertiary/aromatic N) is 3. The van der Waals surface area contributed by atoms with E-state index < -0.39 is 35.6 Å². The highest BCUT2D eigenvalue weighted by Gasteiger charge is 2.77. The minimum Gasteiger partial charge on any atom is -0.394 e. The highest BCUT2D eigenvalue weighted by atomic mass is 79.9. The maximum atomic E-state index is 14.6. The van der Waals surface area contributed by atoms with Crippen LogP contribution in [0, 0.1) is 17.8 Å². The Morgan fingerprint density at radius 1 is 1.23 bits per heavy atom. The van der Waals surface area contributed by atoms with Crippen LogP contribution in [0.5, 0.6) is 0 Å². The third kappa shape index (κ3) is 5.03. The van der Waals surface area contributed by atoms with Crippen molar-refractivity contribution in [2.24, 2.45) is 17.8 Å². The molecule has 3 aliphatic rings. The van der Waals surface area contributed by atoms with E-state index in [1.54, 1.807) is 46.2 Å². The maximum Gasteiger partial charge on any atom is 0.253 e. The second kappa shape index (κ2) is 12.3. The van der Waals surface area contributed by atoms with Gasteiger partial charge in [-0.05, 0) is 43.0 Å². The van der Waals surface area contributed by atoms with Crippen LogP contribution in [0.3, 0.4) is 0 Å². The van der Waals surface area contributed by atoms with Crippen molar-refractivity contribution >= 4 is 50.9 Å². The van der Waals surface area contributed by atoms with Gasteiger partial charge in [-0.25, -0.2) is 0 Å². The second-order valence-corrected chi connectivity index (χ2v) is 12.8. The van der Waals surface area contributed by atoms with E-state index in [9.17, 15) is 19.5 Å². The van der Waals surface area contributed by atoms with E-state index in [0.29, 0.717) is 30.2 Å². The van der Waals surface area contributed by atoms with Crippen LogP contribution in [0.2, 0.25) is 5.02 Å². The Labute approximate surface area is 250 Å². The van der Waals surface area contributed by atoms with Crippen LogP contribution in [0.4, 0.5) is 5.69 Å². The number of anilines is 1. The lowest BCUT2D eigenvalue weighted by Crippen LogP contribution is -2.60. The number of aliphatic hydroxyl groups excluding tert-OH is 1. The summed E-state index contributed by atoms with van der Waals surface area (Å²) in [7, 11) is 0. The van der Waals surface area contributed by atoms with Gasteiger partial charge in [-0.2, -0.15) is 0 Å². The van der Waals surface area contributed by atoms with Crippen LogP contribution in [-0.2, 0) is 19.1 Å². The Bertz CT molecular complexity index is 1150. The predicted molar refractivity (Wildman–Crippen MR) is 159 cm³/mol. The van der Waals surface area contributed by atoms with Crippen molar-refractivity contribution in [2.45, 2.75) is 62.2 Å². The first-order valence-electron chi connectivity index (χ1n) is 13.9. The Morgan fingerprint density at radius 3 is 2.42 bits per heavy atom. The predicted octanol–water partition coefficient (Wildman–Crippen LogP) is 4.05. The molecule has 0 saturated carbocycles. The summed E-state index contributed by atoms with van der Waals surface area (Å²) >= 11 is 9.85. The van der Waals surface area contributed by atoms with Crippen molar-refractivity contribution in [1.29, 1.82) is 0 Å². The monoisotopic (exact) mass is 635 g/mol. The molecule has 1 spiro atoms. The van der Waals surface area contributed by atoms with Crippen molar-refractivity contribution in [3.8, 4) is 0 Å². The topological polar surface area (TPSA) is 90.4 Å². The fourth-order valence-corrected chi connectivity index (χ4v) is 7.82. The van der Waals surface area contributed by atoms with Crippen LogP contribution in [0.1, 0.15) is 33.6 Å². The number of ether oxygens (including phenoxy) is 1. The number of fused-ring (bicyclic) bond motifs is 1. The van der Waals surface area contributed by atoms with E-state index in [0.717, 1.165) is 6.42 Å². The van der Waals surface area contributed by atoms with Gasteiger partial charge in [0.05, 0.1) is 30.6 Å². The number of amides is 3. The molecule has 1 N–H and O–H groups in total. The Kier molecular flexibility index (Phi) is 9.49. The van der Waals surface area contributed by atoms with Gasteiger partial charge in [-0.1, -0.05) is 60.5 Å². The van der Waals surface area contributed by atoms with Crippen molar-refractivity contribution in [1.82, 2.24) is 9.80 Å². The molecule has 0 radical (unpaired) electrons. The van der Waals surface area contributed by atoms with E-state index in [4.69, 9.17) is 16.3 Å². The van der Waals surface area contributed by atoms with Gasteiger partial charge in [0.1, 0.15) is 11.6 Å². The number of carbonyl (C=O) groups is 3. The molecule has 7 atom stereocenters. The maximum absolute atomic E-state index is 14.6. The number of halogens is 2. The lowest BCUT2D eigenvalue weighted by molar-refractivity contribution is -0.148. The Hall–Kier alpha value is -2.20. The van der Waals surface area contributed by atoms with Crippen molar-refractivity contribution in [3.05, 3.63) is 54.6 Å². The first-order valence-corrected chi connectivity index (χ1v) is 15.2. The van der Waals surface area contributed by atoms with Crippen molar-refractivity contribution in [2.75, 3.05) is 31.1 Å². The molecule has 40 heavy (non-hydrogen) atoms. The first-order chi connectivity index (χ1) is 19.1.